The Morgan fingerprint density at radius 1 is 1.09 bits per heavy atom. The van der Waals surface area contributed by atoms with Crippen molar-refractivity contribution in [2.75, 3.05) is 0 Å². The summed E-state index contributed by atoms with van der Waals surface area (Å²) < 4.78 is 11.3. The van der Waals surface area contributed by atoms with Crippen LogP contribution in [0.5, 0.6) is 5.75 Å². The van der Waals surface area contributed by atoms with Crippen molar-refractivity contribution < 1.29 is 18.7 Å². The third-order valence-electron chi connectivity index (χ3n) is 4.37. The lowest BCUT2D eigenvalue weighted by atomic mass is 10.1. The number of amides is 1. The van der Waals surface area contributed by atoms with Crippen molar-refractivity contribution in [1.82, 2.24) is 15.6 Å². The first-order chi connectivity index (χ1) is 16.1. The maximum absolute atomic E-state index is 12.4. The number of H-pyrrole nitrogens is 1. The molecule has 0 fully saturated rings. The SMILES string of the molecule is O=C(/C=C/c1ccco1)Oc1ccc(Br)cc1/C=N\NC(=O)c1cc(-c2ccccc2)n[nH]1. The van der Waals surface area contributed by atoms with Crippen molar-refractivity contribution in [3.05, 3.63) is 101 Å². The van der Waals surface area contributed by atoms with E-state index in [1.807, 2.05) is 30.3 Å². The lowest BCUT2D eigenvalue weighted by Crippen LogP contribution is -2.18. The Hall–Kier alpha value is -4.24. The summed E-state index contributed by atoms with van der Waals surface area (Å²) in [4.78, 5) is 24.5. The third-order valence-corrected chi connectivity index (χ3v) is 4.86. The second-order valence-corrected chi connectivity index (χ2v) is 7.60. The number of ether oxygens (including phenoxy) is 1. The van der Waals surface area contributed by atoms with Crippen molar-refractivity contribution >= 4 is 40.1 Å². The number of hydrazone groups is 1. The molecule has 8 nitrogen and oxygen atoms in total. The number of aromatic nitrogens is 2. The molecule has 0 atom stereocenters. The number of rotatable bonds is 7. The maximum atomic E-state index is 12.4. The highest BCUT2D eigenvalue weighted by Gasteiger charge is 2.11. The number of halogens is 1. The van der Waals surface area contributed by atoms with Gasteiger partial charge in [-0.2, -0.15) is 10.2 Å². The average Bonchev–Trinajstić information content (AvgIpc) is 3.52. The van der Waals surface area contributed by atoms with Crippen LogP contribution in [0.4, 0.5) is 0 Å². The maximum Gasteiger partial charge on any atom is 0.336 e. The van der Waals surface area contributed by atoms with Gasteiger partial charge in [0.1, 0.15) is 17.2 Å². The number of nitrogens with one attached hydrogen (secondary N) is 2. The minimum Gasteiger partial charge on any atom is -0.465 e. The molecule has 2 N–H and O–H groups in total. The fourth-order valence-corrected chi connectivity index (χ4v) is 3.19. The van der Waals surface area contributed by atoms with Gasteiger partial charge in [-0.15, -0.1) is 0 Å². The summed E-state index contributed by atoms with van der Waals surface area (Å²) in [5.74, 6) is -0.242. The average molecular weight is 505 g/mol. The van der Waals surface area contributed by atoms with E-state index in [0.29, 0.717) is 17.0 Å². The molecule has 0 radical (unpaired) electrons. The molecule has 0 unspecified atom stereocenters. The Kier molecular flexibility index (Phi) is 6.91. The van der Waals surface area contributed by atoms with E-state index in [0.717, 1.165) is 10.0 Å². The number of furan rings is 1. The molecule has 0 bridgehead atoms. The van der Waals surface area contributed by atoms with Gasteiger partial charge in [-0.25, -0.2) is 10.2 Å². The van der Waals surface area contributed by atoms with Gasteiger partial charge in [0.05, 0.1) is 18.2 Å². The third kappa shape index (κ3) is 5.92. The molecule has 0 saturated heterocycles. The van der Waals surface area contributed by atoms with Crippen LogP contribution in [0, 0.1) is 0 Å². The summed E-state index contributed by atoms with van der Waals surface area (Å²) in [5, 5.41) is 10.8. The van der Waals surface area contributed by atoms with E-state index in [1.54, 1.807) is 36.4 Å². The van der Waals surface area contributed by atoms with Gasteiger partial charge in [-0.3, -0.25) is 9.89 Å². The Balaban J connectivity index is 1.41. The van der Waals surface area contributed by atoms with Crippen molar-refractivity contribution in [1.29, 1.82) is 0 Å². The van der Waals surface area contributed by atoms with Gasteiger partial charge in [-0.05, 0) is 42.5 Å². The van der Waals surface area contributed by atoms with Crippen LogP contribution >= 0.6 is 15.9 Å². The van der Waals surface area contributed by atoms with Crippen LogP contribution in [-0.2, 0) is 4.79 Å². The number of esters is 1. The highest BCUT2D eigenvalue weighted by molar-refractivity contribution is 9.10. The van der Waals surface area contributed by atoms with Crippen molar-refractivity contribution in [3.63, 3.8) is 0 Å². The smallest absolute Gasteiger partial charge is 0.336 e. The van der Waals surface area contributed by atoms with Crippen LogP contribution < -0.4 is 10.2 Å². The van der Waals surface area contributed by atoms with E-state index in [-0.39, 0.29) is 11.4 Å². The molecule has 0 aliphatic rings. The topological polar surface area (TPSA) is 110 Å². The molecule has 2 heterocycles. The zero-order valence-corrected chi connectivity index (χ0v) is 18.7. The minimum atomic E-state index is -0.585. The van der Waals surface area contributed by atoms with Crippen LogP contribution in [0.25, 0.3) is 17.3 Å². The Labute approximate surface area is 197 Å². The number of aromatic amines is 1. The van der Waals surface area contributed by atoms with E-state index in [1.165, 1.54) is 24.6 Å². The van der Waals surface area contributed by atoms with Gasteiger partial charge < -0.3 is 9.15 Å². The molecule has 1 amide bonds. The Morgan fingerprint density at radius 3 is 2.73 bits per heavy atom. The summed E-state index contributed by atoms with van der Waals surface area (Å²) in [7, 11) is 0. The molecule has 2 aromatic carbocycles. The number of carbonyl (C=O) groups is 2. The monoisotopic (exact) mass is 504 g/mol. The van der Waals surface area contributed by atoms with Gasteiger partial charge in [0.25, 0.3) is 5.91 Å². The summed E-state index contributed by atoms with van der Waals surface area (Å²) in [6.45, 7) is 0. The summed E-state index contributed by atoms with van der Waals surface area (Å²) in [5.41, 5.74) is 4.71. The molecular weight excluding hydrogens is 488 g/mol. The number of carbonyl (C=O) groups excluding carboxylic acids is 2. The van der Waals surface area contributed by atoms with E-state index in [9.17, 15) is 9.59 Å². The first-order valence-electron chi connectivity index (χ1n) is 9.76. The molecule has 2 aromatic heterocycles. The molecule has 4 aromatic rings. The van der Waals surface area contributed by atoms with Crippen LogP contribution in [0.1, 0.15) is 21.8 Å². The minimum absolute atomic E-state index is 0.259. The molecule has 9 heteroatoms. The molecule has 0 aliphatic heterocycles. The van der Waals surface area contributed by atoms with Crippen molar-refractivity contribution in [2.45, 2.75) is 0 Å². The quantitative estimate of drug-likeness (QED) is 0.123. The number of benzene rings is 2. The molecule has 0 spiro atoms. The lowest BCUT2D eigenvalue weighted by molar-refractivity contribution is -0.128. The van der Waals surface area contributed by atoms with Gasteiger partial charge in [0.15, 0.2) is 0 Å². The number of hydrogen-bond acceptors (Lipinski definition) is 6. The predicted octanol–water partition coefficient (Wildman–Crippen LogP) is 4.81. The predicted molar refractivity (Wildman–Crippen MR) is 127 cm³/mol. The molecule has 0 aliphatic carbocycles. The highest BCUT2D eigenvalue weighted by Crippen LogP contribution is 2.22. The van der Waals surface area contributed by atoms with E-state index in [2.05, 4.69) is 36.7 Å². The van der Waals surface area contributed by atoms with Crippen LogP contribution in [-0.4, -0.2) is 28.3 Å². The summed E-state index contributed by atoms with van der Waals surface area (Å²) in [6, 6.07) is 19.6. The molecular formula is C24H17BrN4O4. The van der Waals surface area contributed by atoms with E-state index < -0.39 is 11.9 Å². The standard InChI is InChI=1S/C24H17BrN4O4/c25-18-8-10-22(33-23(30)11-9-19-7-4-12-32-19)17(13-18)15-26-29-24(31)21-14-20(27-28-21)16-5-2-1-3-6-16/h1-15H,(H,27,28)(H,29,31)/b11-9+,26-15-. The lowest BCUT2D eigenvalue weighted by Gasteiger charge is -2.06. The number of hydrogen-bond donors (Lipinski definition) is 2. The van der Waals surface area contributed by atoms with Crippen molar-refractivity contribution in [2.24, 2.45) is 5.10 Å². The van der Waals surface area contributed by atoms with Gasteiger partial charge in [0.2, 0.25) is 0 Å². The van der Waals surface area contributed by atoms with Crippen LogP contribution in [0.2, 0.25) is 0 Å². The summed E-state index contributed by atoms with van der Waals surface area (Å²) >= 11 is 3.37. The number of nitrogens with zero attached hydrogens (tertiary/aromatic N) is 2. The Morgan fingerprint density at radius 2 is 1.94 bits per heavy atom. The molecule has 33 heavy (non-hydrogen) atoms. The van der Waals surface area contributed by atoms with Gasteiger partial charge in [-0.1, -0.05) is 46.3 Å². The van der Waals surface area contributed by atoms with Crippen molar-refractivity contribution in [3.8, 4) is 17.0 Å². The Bertz CT molecular complexity index is 1310. The normalized spacial score (nSPS) is 11.2. The van der Waals surface area contributed by atoms with Gasteiger partial charge >= 0.3 is 5.97 Å². The first kappa shape index (κ1) is 22.0. The largest absolute Gasteiger partial charge is 0.465 e. The zero-order valence-electron chi connectivity index (χ0n) is 17.1. The second kappa shape index (κ2) is 10.4. The molecule has 0 saturated carbocycles. The van der Waals surface area contributed by atoms with E-state index >= 15 is 0 Å². The molecule has 4 rings (SSSR count). The summed E-state index contributed by atoms with van der Waals surface area (Å²) in [6.07, 6.45) is 5.65. The molecule has 164 valence electrons. The van der Waals surface area contributed by atoms with Crippen LogP contribution in [0.3, 0.4) is 0 Å². The highest BCUT2D eigenvalue weighted by atomic mass is 79.9. The first-order valence-corrected chi connectivity index (χ1v) is 10.5. The fraction of sp³-hybridized carbons (Fsp3) is 0. The second-order valence-electron chi connectivity index (χ2n) is 6.68. The zero-order chi connectivity index (χ0) is 23.0. The van der Waals surface area contributed by atoms with Gasteiger partial charge in [0, 0.05) is 21.7 Å². The fourth-order valence-electron chi connectivity index (χ4n) is 2.81. The van der Waals surface area contributed by atoms with E-state index in [4.69, 9.17) is 9.15 Å². The van der Waals surface area contributed by atoms with Crippen LogP contribution in [0.15, 0.2) is 93.1 Å².